The third-order valence-electron chi connectivity index (χ3n) is 5.05. The van der Waals surface area contributed by atoms with Gasteiger partial charge in [-0.1, -0.05) is 0 Å². The van der Waals surface area contributed by atoms with E-state index in [-0.39, 0.29) is 17.9 Å². The standard InChI is InChI=1S/C20H15N3O4/c24-10-1-2-13-11(6-10)12(8-22-13)19-18-16(25)4-3-14-17(18)9(7-21-14)5-15(23-19)20(26)27/h1-4,6-8,15,21-22,24-25H,5H2,(H,26,27)/t15-/m1/s1. The van der Waals surface area contributed by atoms with E-state index in [1.165, 1.54) is 0 Å². The van der Waals surface area contributed by atoms with Gasteiger partial charge in [-0.25, -0.2) is 4.79 Å². The minimum absolute atomic E-state index is 0.0302. The molecule has 0 spiro atoms. The number of hydrogen-bond donors (Lipinski definition) is 5. The molecule has 2 aromatic carbocycles. The van der Waals surface area contributed by atoms with Gasteiger partial charge in [-0.2, -0.15) is 0 Å². The fourth-order valence-corrected chi connectivity index (χ4v) is 3.81. The summed E-state index contributed by atoms with van der Waals surface area (Å²) in [6.45, 7) is 0. The van der Waals surface area contributed by atoms with Crippen LogP contribution in [0, 0.1) is 0 Å². The minimum Gasteiger partial charge on any atom is -0.508 e. The third-order valence-corrected chi connectivity index (χ3v) is 5.05. The van der Waals surface area contributed by atoms with Crippen molar-refractivity contribution >= 4 is 33.5 Å². The highest BCUT2D eigenvalue weighted by atomic mass is 16.4. The molecule has 0 radical (unpaired) electrons. The number of aromatic amines is 2. The van der Waals surface area contributed by atoms with E-state index in [1.807, 2.05) is 0 Å². The van der Waals surface area contributed by atoms with Gasteiger partial charge in [0.05, 0.1) is 11.3 Å². The third kappa shape index (κ3) is 2.21. The number of phenols is 2. The van der Waals surface area contributed by atoms with Crippen LogP contribution >= 0.6 is 0 Å². The molecule has 7 nitrogen and oxygen atoms in total. The van der Waals surface area contributed by atoms with Gasteiger partial charge in [-0.15, -0.1) is 0 Å². The normalized spacial score (nSPS) is 16.4. The van der Waals surface area contributed by atoms with Crippen molar-refractivity contribution in [3.63, 3.8) is 0 Å². The summed E-state index contributed by atoms with van der Waals surface area (Å²) in [5.41, 5.74) is 3.90. The Labute approximate surface area is 152 Å². The highest BCUT2D eigenvalue weighted by Gasteiger charge is 2.29. The van der Waals surface area contributed by atoms with Gasteiger partial charge in [0, 0.05) is 46.2 Å². The minimum atomic E-state index is -1.03. The van der Waals surface area contributed by atoms with E-state index in [0.717, 1.165) is 22.0 Å². The van der Waals surface area contributed by atoms with Crippen LogP contribution in [0.25, 0.3) is 21.8 Å². The van der Waals surface area contributed by atoms with Gasteiger partial charge in [-0.05, 0) is 35.9 Å². The lowest BCUT2D eigenvalue weighted by molar-refractivity contribution is -0.138. The molecule has 7 heteroatoms. The highest BCUT2D eigenvalue weighted by Crippen LogP contribution is 2.37. The summed E-state index contributed by atoms with van der Waals surface area (Å²) in [4.78, 5) is 22.6. The first-order chi connectivity index (χ1) is 13.0. The Morgan fingerprint density at radius 2 is 1.85 bits per heavy atom. The van der Waals surface area contributed by atoms with Crippen molar-refractivity contribution in [2.75, 3.05) is 0 Å². The highest BCUT2D eigenvalue weighted by molar-refractivity contribution is 6.26. The number of rotatable bonds is 2. The van der Waals surface area contributed by atoms with Crippen LogP contribution in [-0.4, -0.2) is 43.0 Å². The molecule has 1 atom stereocenters. The number of nitrogens with zero attached hydrogens (tertiary/aromatic N) is 1. The molecule has 0 saturated heterocycles. The number of carboxylic acids is 1. The molecule has 2 aromatic heterocycles. The summed E-state index contributed by atoms with van der Waals surface area (Å²) < 4.78 is 0. The second-order valence-electron chi connectivity index (χ2n) is 6.66. The first-order valence-corrected chi connectivity index (χ1v) is 8.46. The largest absolute Gasteiger partial charge is 0.508 e. The predicted octanol–water partition coefficient (Wildman–Crippen LogP) is 2.91. The zero-order valence-electron chi connectivity index (χ0n) is 14.0. The fraction of sp³-hybridized carbons (Fsp3) is 0.100. The molecule has 0 unspecified atom stereocenters. The second-order valence-corrected chi connectivity index (χ2v) is 6.66. The summed E-state index contributed by atoms with van der Waals surface area (Å²) in [6.07, 6.45) is 3.71. The maximum Gasteiger partial charge on any atom is 0.328 e. The van der Waals surface area contributed by atoms with E-state index in [0.29, 0.717) is 22.2 Å². The first-order valence-electron chi connectivity index (χ1n) is 8.46. The zero-order valence-corrected chi connectivity index (χ0v) is 14.0. The number of aliphatic carboxylic acids is 1. The number of nitrogens with one attached hydrogen (secondary N) is 2. The van der Waals surface area contributed by atoms with Crippen LogP contribution in [0.4, 0.5) is 0 Å². The van der Waals surface area contributed by atoms with Crippen LogP contribution in [0.15, 0.2) is 47.7 Å². The number of aromatic hydroxyl groups is 2. The molecule has 0 amide bonds. The van der Waals surface area contributed by atoms with Gasteiger partial charge < -0.3 is 25.3 Å². The van der Waals surface area contributed by atoms with Crippen LogP contribution in [0.2, 0.25) is 0 Å². The fourth-order valence-electron chi connectivity index (χ4n) is 3.81. The van der Waals surface area contributed by atoms with Crippen molar-refractivity contribution in [3.05, 3.63) is 59.4 Å². The zero-order chi connectivity index (χ0) is 18.7. The smallest absolute Gasteiger partial charge is 0.328 e. The Morgan fingerprint density at radius 3 is 2.67 bits per heavy atom. The lowest BCUT2D eigenvalue weighted by atomic mass is 9.96. The van der Waals surface area contributed by atoms with E-state index < -0.39 is 12.0 Å². The van der Waals surface area contributed by atoms with Crippen molar-refractivity contribution in [3.8, 4) is 11.5 Å². The van der Waals surface area contributed by atoms with E-state index >= 15 is 0 Å². The van der Waals surface area contributed by atoms with Crippen molar-refractivity contribution in [1.29, 1.82) is 0 Å². The van der Waals surface area contributed by atoms with Gasteiger partial charge in [0.2, 0.25) is 0 Å². The monoisotopic (exact) mass is 361 g/mol. The topological polar surface area (TPSA) is 122 Å². The SMILES string of the molecule is O=C(O)[C@H]1Cc2c[nH]c3ccc(O)c(c23)C(c2c[nH]c3ccc(O)cc23)=N1. The Kier molecular flexibility index (Phi) is 3.09. The van der Waals surface area contributed by atoms with Crippen LogP contribution in [0.3, 0.4) is 0 Å². The molecule has 0 bridgehead atoms. The van der Waals surface area contributed by atoms with Gasteiger partial charge in [-0.3, -0.25) is 4.99 Å². The first kappa shape index (κ1) is 15.5. The van der Waals surface area contributed by atoms with Crippen LogP contribution in [-0.2, 0) is 11.2 Å². The number of benzene rings is 2. The van der Waals surface area contributed by atoms with Gasteiger partial charge in [0.15, 0.2) is 6.04 Å². The molecule has 5 rings (SSSR count). The Hall–Kier alpha value is -3.74. The van der Waals surface area contributed by atoms with E-state index in [1.54, 1.807) is 42.7 Å². The second kappa shape index (κ2) is 5.38. The van der Waals surface area contributed by atoms with Crippen molar-refractivity contribution in [1.82, 2.24) is 9.97 Å². The molecule has 27 heavy (non-hydrogen) atoms. The summed E-state index contributed by atoms with van der Waals surface area (Å²) in [5.74, 6) is -0.906. The number of carbonyl (C=O) groups is 1. The number of carboxylic acid groups (broad SMARTS) is 1. The predicted molar refractivity (Wildman–Crippen MR) is 101 cm³/mol. The number of aromatic nitrogens is 2. The molecule has 0 fully saturated rings. The number of hydrogen-bond acceptors (Lipinski definition) is 4. The molecule has 1 aliphatic rings. The number of H-pyrrole nitrogens is 2. The lowest BCUT2D eigenvalue weighted by Gasteiger charge is -2.11. The Balaban J connectivity index is 1.89. The summed E-state index contributed by atoms with van der Waals surface area (Å²) in [7, 11) is 0. The molecule has 1 aliphatic heterocycles. The van der Waals surface area contributed by atoms with Crippen LogP contribution in [0.1, 0.15) is 16.7 Å². The molecule has 5 N–H and O–H groups in total. The van der Waals surface area contributed by atoms with E-state index in [9.17, 15) is 20.1 Å². The molecule has 0 saturated carbocycles. The quantitative estimate of drug-likeness (QED) is 0.377. The average molecular weight is 361 g/mol. The Bertz CT molecular complexity index is 1270. The molecule has 4 aromatic rings. The maximum absolute atomic E-state index is 11.8. The average Bonchev–Trinajstić information content (AvgIpc) is 3.18. The van der Waals surface area contributed by atoms with Gasteiger partial charge in [0.1, 0.15) is 11.5 Å². The Morgan fingerprint density at radius 1 is 1.07 bits per heavy atom. The summed E-state index contributed by atoms with van der Waals surface area (Å²) in [6, 6.07) is 7.26. The van der Waals surface area contributed by atoms with Crippen molar-refractivity contribution < 1.29 is 20.1 Å². The van der Waals surface area contributed by atoms with Crippen molar-refractivity contribution in [2.45, 2.75) is 12.5 Å². The van der Waals surface area contributed by atoms with Crippen LogP contribution in [0.5, 0.6) is 11.5 Å². The van der Waals surface area contributed by atoms with Gasteiger partial charge in [0.25, 0.3) is 0 Å². The molecular weight excluding hydrogens is 346 g/mol. The molecular formula is C20H15N3O4. The van der Waals surface area contributed by atoms with Crippen LogP contribution < -0.4 is 0 Å². The molecule has 3 heterocycles. The van der Waals surface area contributed by atoms with Gasteiger partial charge >= 0.3 is 5.97 Å². The molecule has 134 valence electrons. The summed E-state index contributed by atoms with van der Waals surface area (Å²) >= 11 is 0. The van der Waals surface area contributed by atoms with E-state index in [2.05, 4.69) is 15.0 Å². The number of fused-ring (bicyclic) bond motifs is 1. The van der Waals surface area contributed by atoms with Crippen molar-refractivity contribution in [2.24, 2.45) is 4.99 Å². The number of aliphatic imine (C=N–C) groups is 1. The number of phenolic OH excluding ortho intramolecular Hbond substituents is 2. The molecule has 0 aliphatic carbocycles. The summed E-state index contributed by atoms with van der Waals surface area (Å²) in [5, 5.41) is 31.6. The lowest BCUT2D eigenvalue weighted by Crippen LogP contribution is -2.21. The maximum atomic E-state index is 11.8. The van der Waals surface area contributed by atoms with E-state index in [4.69, 9.17) is 0 Å².